The van der Waals surface area contributed by atoms with Crippen molar-refractivity contribution in [1.29, 1.82) is 0 Å². The van der Waals surface area contributed by atoms with Crippen molar-refractivity contribution in [3.05, 3.63) is 59.2 Å². The van der Waals surface area contributed by atoms with Gasteiger partial charge in [-0.1, -0.05) is 19.9 Å². The number of benzene rings is 2. The summed E-state index contributed by atoms with van der Waals surface area (Å²) >= 11 is 0. The van der Waals surface area contributed by atoms with Crippen LogP contribution < -0.4 is 30.7 Å². The lowest BCUT2D eigenvalue weighted by atomic mass is 10.0. The fraction of sp³-hybridized carbons (Fsp3) is 0.541. The van der Waals surface area contributed by atoms with Gasteiger partial charge in [-0.05, 0) is 80.3 Å². The first-order valence-electron chi connectivity index (χ1n) is 17.6. The third kappa shape index (κ3) is 14.1. The molecule has 0 saturated heterocycles. The standard InChI is InChI=1S/C37H51F2N5O8/c1-23(2)16-29-36(49)43-35(24(3)45)37(50)41-12-5-6-14-44(34(48)20-26-17-27(38)21-28(39)18-26)15-7-13-40-33(47)22-52-30-10-8-25(19-31(30)51-4)9-11-32(46)42-29/h8,10,17-19,21,23-24,29,35,45H,5-7,9,11-16,20,22H2,1-4H3,(H,40,47)(H,41,50)(H,42,46)(H,43,49)/t24-,29-,35+/m1/s1. The van der Waals surface area contributed by atoms with Gasteiger partial charge >= 0.3 is 0 Å². The normalized spacial score (nSPS) is 19.9. The molecule has 0 aromatic heterocycles. The van der Waals surface area contributed by atoms with Crippen LogP contribution in [0.4, 0.5) is 8.78 Å². The van der Waals surface area contributed by atoms with Crippen LogP contribution in [0, 0.1) is 17.6 Å². The van der Waals surface area contributed by atoms with Gasteiger partial charge in [0.1, 0.15) is 23.7 Å². The molecular formula is C37H51F2N5O8. The molecule has 0 unspecified atom stereocenters. The van der Waals surface area contributed by atoms with E-state index in [1.54, 1.807) is 18.2 Å². The van der Waals surface area contributed by atoms with Crippen LogP contribution in [-0.2, 0) is 36.8 Å². The summed E-state index contributed by atoms with van der Waals surface area (Å²) in [5.41, 5.74) is 0.934. The van der Waals surface area contributed by atoms with Crippen molar-refractivity contribution in [3.63, 3.8) is 0 Å². The van der Waals surface area contributed by atoms with Crippen molar-refractivity contribution in [1.82, 2.24) is 26.2 Å². The molecule has 5 N–H and O–H groups in total. The van der Waals surface area contributed by atoms with Crippen LogP contribution in [0.2, 0.25) is 0 Å². The van der Waals surface area contributed by atoms with Gasteiger partial charge in [0.05, 0.1) is 19.6 Å². The number of hydrogen-bond donors (Lipinski definition) is 5. The van der Waals surface area contributed by atoms with Crippen LogP contribution in [0.5, 0.6) is 11.5 Å². The van der Waals surface area contributed by atoms with Crippen molar-refractivity contribution in [3.8, 4) is 11.5 Å². The van der Waals surface area contributed by atoms with Gasteiger partial charge in [0, 0.05) is 38.7 Å². The van der Waals surface area contributed by atoms with Gasteiger partial charge in [-0.25, -0.2) is 8.78 Å². The molecule has 0 aliphatic carbocycles. The van der Waals surface area contributed by atoms with E-state index in [0.717, 1.165) is 23.8 Å². The number of nitrogens with zero attached hydrogens (tertiary/aromatic N) is 1. The molecule has 2 aliphatic heterocycles. The molecule has 286 valence electrons. The second kappa shape index (κ2) is 20.9. The lowest BCUT2D eigenvalue weighted by molar-refractivity contribution is -0.134. The number of carbonyl (C=O) groups excluding carboxylic acids is 5. The fourth-order valence-electron chi connectivity index (χ4n) is 5.68. The zero-order valence-corrected chi connectivity index (χ0v) is 30.3. The molecule has 5 amide bonds. The second-order valence-corrected chi connectivity index (χ2v) is 13.3. The highest BCUT2D eigenvalue weighted by molar-refractivity contribution is 5.92. The quantitative estimate of drug-likeness (QED) is 0.281. The van der Waals surface area contributed by atoms with Crippen molar-refractivity contribution >= 4 is 29.5 Å². The van der Waals surface area contributed by atoms with E-state index in [1.807, 2.05) is 13.8 Å². The van der Waals surface area contributed by atoms with E-state index in [2.05, 4.69) is 21.3 Å². The highest BCUT2D eigenvalue weighted by atomic mass is 19.1. The minimum atomic E-state index is -1.29. The number of aryl methyl sites for hydroxylation is 1. The van der Waals surface area contributed by atoms with Gasteiger partial charge in [0.15, 0.2) is 18.1 Å². The molecule has 0 saturated carbocycles. The Morgan fingerprint density at radius 3 is 2.27 bits per heavy atom. The second-order valence-electron chi connectivity index (χ2n) is 13.3. The molecule has 0 radical (unpaired) electrons. The van der Waals surface area contributed by atoms with Crippen LogP contribution in [0.15, 0.2) is 36.4 Å². The van der Waals surface area contributed by atoms with Crippen LogP contribution in [0.25, 0.3) is 0 Å². The summed E-state index contributed by atoms with van der Waals surface area (Å²) in [6.45, 7) is 5.75. The van der Waals surface area contributed by atoms with Crippen LogP contribution >= 0.6 is 0 Å². The van der Waals surface area contributed by atoms with E-state index in [9.17, 15) is 37.9 Å². The largest absolute Gasteiger partial charge is 0.493 e. The summed E-state index contributed by atoms with van der Waals surface area (Å²) in [5.74, 6) is -3.25. The van der Waals surface area contributed by atoms with Gasteiger partial charge in [-0.3, -0.25) is 24.0 Å². The molecule has 13 nitrogen and oxygen atoms in total. The Morgan fingerprint density at radius 1 is 0.904 bits per heavy atom. The molecule has 0 fully saturated rings. The molecule has 4 rings (SSSR count). The monoisotopic (exact) mass is 731 g/mol. The summed E-state index contributed by atoms with van der Waals surface area (Å²) in [6, 6.07) is 5.74. The highest BCUT2D eigenvalue weighted by Crippen LogP contribution is 2.28. The minimum absolute atomic E-state index is 0.0237. The molecule has 3 atom stereocenters. The van der Waals surface area contributed by atoms with Gasteiger partial charge < -0.3 is 40.7 Å². The Hall–Kier alpha value is -4.79. The van der Waals surface area contributed by atoms with Crippen molar-refractivity contribution in [2.24, 2.45) is 5.92 Å². The zero-order chi connectivity index (χ0) is 38.2. The summed E-state index contributed by atoms with van der Waals surface area (Å²) < 4.78 is 38.7. The van der Waals surface area contributed by atoms with Crippen molar-refractivity contribution in [2.75, 3.05) is 39.9 Å². The molecule has 2 aromatic rings. The van der Waals surface area contributed by atoms with Gasteiger partial charge in [-0.2, -0.15) is 0 Å². The van der Waals surface area contributed by atoms with E-state index in [4.69, 9.17) is 9.47 Å². The average Bonchev–Trinajstić information content (AvgIpc) is 3.07. The topological polar surface area (TPSA) is 175 Å². The number of amides is 5. The third-order valence-corrected chi connectivity index (χ3v) is 8.36. The Balaban J connectivity index is 1.78. The maximum Gasteiger partial charge on any atom is 0.257 e. The van der Waals surface area contributed by atoms with Gasteiger partial charge in [0.25, 0.3) is 5.91 Å². The molecule has 15 heteroatoms. The third-order valence-electron chi connectivity index (χ3n) is 8.36. The Morgan fingerprint density at radius 2 is 1.60 bits per heavy atom. The lowest BCUT2D eigenvalue weighted by Crippen LogP contribution is -2.57. The van der Waals surface area contributed by atoms with E-state index in [0.29, 0.717) is 43.6 Å². The molecule has 2 bridgehead atoms. The molecular weight excluding hydrogens is 680 g/mol. The summed E-state index contributed by atoms with van der Waals surface area (Å²) in [6.07, 6.45) is 0.437. The summed E-state index contributed by atoms with van der Waals surface area (Å²) in [5, 5.41) is 21.2. The fourth-order valence-corrected chi connectivity index (χ4v) is 5.68. The number of ether oxygens (including phenoxy) is 2. The Labute approximate surface area is 303 Å². The molecule has 2 aromatic carbocycles. The first-order valence-corrected chi connectivity index (χ1v) is 17.6. The van der Waals surface area contributed by atoms with Gasteiger partial charge in [-0.15, -0.1) is 0 Å². The predicted octanol–water partition coefficient (Wildman–Crippen LogP) is 2.17. The summed E-state index contributed by atoms with van der Waals surface area (Å²) in [7, 11) is 1.45. The van der Waals surface area contributed by atoms with Crippen molar-refractivity contribution in [2.45, 2.75) is 83.9 Å². The van der Waals surface area contributed by atoms with Crippen LogP contribution in [-0.4, -0.2) is 97.6 Å². The first-order chi connectivity index (χ1) is 24.7. The van der Waals surface area contributed by atoms with E-state index >= 15 is 0 Å². The SMILES string of the molecule is COc1cc2ccc1OCC(=O)NCCCN(C(=O)Cc1cc(F)cc(F)c1)CCCCNC(=O)[C@H]([C@@H](C)O)NC(=O)[C@@H](CC(C)C)NC(=O)CC2. The number of carbonyl (C=O) groups is 5. The van der Waals surface area contributed by atoms with Crippen molar-refractivity contribution < 1.29 is 47.3 Å². The smallest absolute Gasteiger partial charge is 0.257 e. The molecule has 52 heavy (non-hydrogen) atoms. The lowest BCUT2D eigenvalue weighted by Gasteiger charge is -2.26. The molecule has 2 aliphatic rings. The average molecular weight is 732 g/mol. The van der Waals surface area contributed by atoms with Crippen LogP contribution in [0.1, 0.15) is 64.0 Å². The van der Waals surface area contributed by atoms with E-state index < -0.39 is 47.5 Å². The number of nitrogens with one attached hydrogen (secondary N) is 4. The number of fused-ring (bicyclic) bond motifs is 23. The number of hydrogen-bond acceptors (Lipinski definition) is 8. The molecule has 0 spiro atoms. The minimum Gasteiger partial charge on any atom is -0.493 e. The Bertz CT molecular complexity index is 1520. The van der Waals surface area contributed by atoms with Crippen LogP contribution in [0.3, 0.4) is 0 Å². The predicted molar refractivity (Wildman–Crippen MR) is 188 cm³/mol. The van der Waals surface area contributed by atoms with Gasteiger partial charge in [0.2, 0.25) is 23.6 Å². The number of halogens is 2. The van der Waals surface area contributed by atoms with E-state index in [1.165, 1.54) is 18.9 Å². The zero-order valence-electron chi connectivity index (χ0n) is 30.3. The molecule has 2 heterocycles. The number of aliphatic hydroxyl groups excluding tert-OH is 1. The number of aliphatic hydroxyl groups is 1. The summed E-state index contributed by atoms with van der Waals surface area (Å²) in [4.78, 5) is 66.7. The van der Waals surface area contributed by atoms with E-state index in [-0.39, 0.29) is 68.9 Å². The highest BCUT2D eigenvalue weighted by Gasteiger charge is 2.30. The number of methoxy groups -OCH3 is 1. The number of rotatable bonds is 6. The first kappa shape index (κ1) is 41.6. The Kier molecular flexibility index (Phi) is 16.7. The maximum absolute atomic E-state index is 13.8. The maximum atomic E-state index is 13.8.